The summed E-state index contributed by atoms with van der Waals surface area (Å²) < 4.78 is 5.16. The van der Waals surface area contributed by atoms with Gasteiger partial charge in [-0.15, -0.1) is 0 Å². The van der Waals surface area contributed by atoms with E-state index in [9.17, 15) is 4.79 Å². The smallest absolute Gasteiger partial charge is 0.410 e. The molecule has 2 aromatic carbocycles. The Bertz CT molecular complexity index is 535. The second-order valence-corrected chi connectivity index (χ2v) is 4.63. The summed E-state index contributed by atoms with van der Waals surface area (Å²) >= 11 is 0. The van der Waals surface area contributed by atoms with Crippen LogP contribution in [0, 0.1) is 0 Å². The quantitative estimate of drug-likeness (QED) is 0.858. The third-order valence-corrected chi connectivity index (χ3v) is 2.97. The Morgan fingerprint density at radius 2 is 1.75 bits per heavy atom. The molecule has 2 aromatic rings. The van der Waals surface area contributed by atoms with Crippen LogP contribution in [0.5, 0.6) is 5.75 Å². The average Bonchev–Trinajstić information content (AvgIpc) is 2.47. The van der Waals surface area contributed by atoms with Gasteiger partial charge in [-0.2, -0.15) is 0 Å². The van der Waals surface area contributed by atoms with Crippen molar-refractivity contribution < 1.29 is 9.53 Å². The molecule has 0 fully saturated rings. The van der Waals surface area contributed by atoms with Crippen LogP contribution in [0.15, 0.2) is 54.6 Å². The van der Waals surface area contributed by atoms with Crippen molar-refractivity contribution >= 4 is 11.8 Å². The number of hydrogen-bond acceptors (Lipinski definition) is 2. The average molecular weight is 269 g/mol. The van der Waals surface area contributed by atoms with Crippen LogP contribution in [0.2, 0.25) is 0 Å². The minimum absolute atomic E-state index is 0.475. The highest BCUT2D eigenvalue weighted by atomic mass is 16.6. The van der Waals surface area contributed by atoms with Gasteiger partial charge >= 0.3 is 6.09 Å². The van der Waals surface area contributed by atoms with Crippen molar-refractivity contribution in [3.8, 4) is 5.75 Å². The fraction of sp³-hybridized carbons (Fsp3) is 0.235. The van der Waals surface area contributed by atoms with Crippen LogP contribution in [0.3, 0.4) is 0 Å². The molecule has 0 radical (unpaired) electrons. The maximum absolute atomic E-state index is 11.7. The number of benzene rings is 2. The van der Waals surface area contributed by atoms with Gasteiger partial charge in [-0.3, -0.25) is 5.32 Å². The Morgan fingerprint density at radius 3 is 2.40 bits per heavy atom. The molecule has 0 aliphatic carbocycles. The molecule has 0 aromatic heterocycles. The molecule has 1 amide bonds. The van der Waals surface area contributed by atoms with Crippen molar-refractivity contribution in [3.63, 3.8) is 0 Å². The fourth-order valence-corrected chi connectivity index (χ4v) is 1.87. The first-order chi connectivity index (χ1) is 9.78. The lowest BCUT2D eigenvalue weighted by Gasteiger charge is -2.07. The number of para-hydroxylation sites is 1. The van der Waals surface area contributed by atoms with E-state index in [1.165, 1.54) is 18.4 Å². The van der Waals surface area contributed by atoms with Gasteiger partial charge in [0.05, 0.1) is 0 Å². The van der Waals surface area contributed by atoms with Crippen molar-refractivity contribution in [1.82, 2.24) is 0 Å². The Hall–Kier alpha value is -2.29. The maximum atomic E-state index is 11.7. The Morgan fingerprint density at radius 1 is 1.05 bits per heavy atom. The van der Waals surface area contributed by atoms with Crippen LogP contribution < -0.4 is 10.1 Å². The monoisotopic (exact) mass is 269 g/mol. The van der Waals surface area contributed by atoms with E-state index in [-0.39, 0.29) is 0 Å². The van der Waals surface area contributed by atoms with E-state index in [0.29, 0.717) is 5.75 Å². The van der Waals surface area contributed by atoms with E-state index in [4.69, 9.17) is 4.74 Å². The lowest BCUT2D eigenvalue weighted by molar-refractivity contribution is 0.215. The van der Waals surface area contributed by atoms with E-state index < -0.39 is 6.09 Å². The number of anilines is 1. The lowest BCUT2D eigenvalue weighted by atomic mass is 10.1. The first kappa shape index (κ1) is 14.1. The predicted molar refractivity (Wildman–Crippen MR) is 81.1 cm³/mol. The van der Waals surface area contributed by atoms with Gasteiger partial charge in [0.1, 0.15) is 5.75 Å². The summed E-state index contributed by atoms with van der Waals surface area (Å²) in [5.74, 6) is 0.532. The van der Waals surface area contributed by atoms with Crippen molar-refractivity contribution in [2.24, 2.45) is 0 Å². The number of amides is 1. The third-order valence-electron chi connectivity index (χ3n) is 2.97. The highest BCUT2D eigenvalue weighted by molar-refractivity contribution is 5.86. The predicted octanol–water partition coefficient (Wildman–Crippen LogP) is 4.64. The minimum Gasteiger partial charge on any atom is -0.410 e. The van der Waals surface area contributed by atoms with Gasteiger partial charge in [0.15, 0.2) is 0 Å². The van der Waals surface area contributed by atoms with Crippen LogP contribution in [0.1, 0.15) is 25.3 Å². The molecule has 3 heteroatoms. The molecule has 0 heterocycles. The molecule has 104 valence electrons. The second kappa shape index (κ2) is 7.34. The number of ether oxygens (including phenoxy) is 1. The second-order valence-electron chi connectivity index (χ2n) is 4.63. The van der Waals surface area contributed by atoms with Crippen LogP contribution in [0.25, 0.3) is 0 Å². The molecular formula is C17H19NO2. The first-order valence-corrected chi connectivity index (χ1v) is 6.91. The molecule has 0 aliphatic heterocycles. The first-order valence-electron chi connectivity index (χ1n) is 6.91. The molecule has 1 N–H and O–H groups in total. The van der Waals surface area contributed by atoms with Crippen molar-refractivity contribution in [1.29, 1.82) is 0 Å². The Kier molecular flexibility index (Phi) is 5.18. The fourth-order valence-electron chi connectivity index (χ4n) is 1.87. The summed E-state index contributed by atoms with van der Waals surface area (Å²) in [5.41, 5.74) is 2.03. The van der Waals surface area contributed by atoms with Crippen LogP contribution >= 0.6 is 0 Å². The van der Waals surface area contributed by atoms with E-state index in [2.05, 4.69) is 12.2 Å². The molecule has 0 bridgehead atoms. The van der Waals surface area contributed by atoms with E-state index in [1.807, 2.05) is 42.5 Å². The molecule has 0 atom stereocenters. The van der Waals surface area contributed by atoms with E-state index in [1.54, 1.807) is 12.1 Å². The molecule has 0 saturated carbocycles. The highest BCUT2D eigenvalue weighted by Gasteiger charge is 2.04. The summed E-state index contributed by atoms with van der Waals surface area (Å²) in [4.78, 5) is 11.7. The van der Waals surface area contributed by atoms with Crippen LogP contribution in [-0.2, 0) is 6.42 Å². The molecule has 0 saturated heterocycles. The molecule has 0 spiro atoms. The van der Waals surface area contributed by atoms with Gasteiger partial charge in [-0.05, 0) is 42.7 Å². The molecule has 20 heavy (non-hydrogen) atoms. The number of unbranched alkanes of at least 4 members (excludes halogenated alkanes) is 1. The van der Waals surface area contributed by atoms with Gasteiger partial charge < -0.3 is 4.74 Å². The maximum Gasteiger partial charge on any atom is 0.417 e. The molecule has 0 unspecified atom stereocenters. The highest BCUT2D eigenvalue weighted by Crippen LogP contribution is 2.13. The largest absolute Gasteiger partial charge is 0.417 e. The number of carbonyl (C=O) groups is 1. The molecule has 3 nitrogen and oxygen atoms in total. The third kappa shape index (κ3) is 4.43. The normalized spacial score (nSPS) is 10.1. The van der Waals surface area contributed by atoms with Crippen molar-refractivity contribution in [3.05, 3.63) is 60.2 Å². The van der Waals surface area contributed by atoms with Gasteiger partial charge in [0.25, 0.3) is 0 Å². The van der Waals surface area contributed by atoms with Crippen molar-refractivity contribution in [2.45, 2.75) is 26.2 Å². The van der Waals surface area contributed by atoms with Crippen molar-refractivity contribution in [2.75, 3.05) is 5.32 Å². The summed E-state index contributed by atoms with van der Waals surface area (Å²) in [6, 6.07) is 16.9. The van der Waals surface area contributed by atoms with Gasteiger partial charge in [0, 0.05) is 5.69 Å². The topological polar surface area (TPSA) is 38.3 Å². The summed E-state index contributed by atoms with van der Waals surface area (Å²) in [7, 11) is 0. The standard InChI is InChI=1S/C17H19NO2/c1-2-3-7-14-10-12-15(13-11-14)18-17(19)20-16-8-5-4-6-9-16/h4-6,8-13H,2-3,7H2,1H3,(H,18,19). The molecule has 2 rings (SSSR count). The Balaban J connectivity index is 1.88. The Labute approximate surface area is 119 Å². The number of rotatable bonds is 5. The summed E-state index contributed by atoms with van der Waals surface area (Å²) in [6.07, 6.45) is 2.97. The van der Waals surface area contributed by atoms with Gasteiger partial charge in [-0.1, -0.05) is 43.7 Å². The minimum atomic E-state index is -0.475. The molecule has 0 aliphatic rings. The zero-order chi connectivity index (χ0) is 14.2. The van der Waals surface area contributed by atoms with Crippen LogP contribution in [0.4, 0.5) is 10.5 Å². The number of carbonyl (C=O) groups excluding carboxylic acids is 1. The summed E-state index contributed by atoms with van der Waals surface area (Å²) in [5, 5.41) is 2.71. The SMILES string of the molecule is CCCCc1ccc(NC(=O)Oc2ccccc2)cc1. The number of aryl methyl sites for hydroxylation is 1. The van der Waals surface area contributed by atoms with Gasteiger partial charge in [0.2, 0.25) is 0 Å². The summed E-state index contributed by atoms with van der Waals surface area (Å²) in [6.45, 7) is 2.18. The van der Waals surface area contributed by atoms with Crippen LogP contribution in [-0.4, -0.2) is 6.09 Å². The zero-order valence-corrected chi connectivity index (χ0v) is 11.6. The number of nitrogens with one attached hydrogen (secondary N) is 1. The van der Waals surface area contributed by atoms with E-state index >= 15 is 0 Å². The van der Waals surface area contributed by atoms with Gasteiger partial charge in [-0.25, -0.2) is 4.79 Å². The lowest BCUT2D eigenvalue weighted by Crippen LogP contribution is -2.16. The van der Waals surface area contributed by atoms with E-state index in [0.717, 1.165) is 12.1 Å². The molecular weight excluding hydrogens is 250 g/mol. The number of hydrogen-bond donors (Lipinski definition) is 1. The zero-order valence-electron chi connectivity index (χ0n) is 11.6.